The van der Waals surface area contributed by atoms with Gasteiger partial charge in [-0.1, -0.05) is 54.6 Å². The molecule has 0 atom stereocenters. The van der Waals surface area contributed by atoms with E-state index >= 15 is 0 Å². The van der Waals surface area contributed by atoms with Crippen molar-refractivity contribution >= 4 is 10.8 Å². The topological polar surface area (TPSA) is 33.0 Å². The average Bonchev–Trinajstić information content (AvgIpc) is 2.54. The van der Waals surface area contributed by atoms with Crippen LogP contribution in [0.25, 0.3) is 21.9 Å². The summed E-state index contributed by atoms with van der Waals surface area (Å²) in [5.74, 6) is 0.733. The summed E-state index contributed by atoms with van der Waals surface area (Å²) in [5, 5.41) is 11.5. The van der Waals surface area contributed by atoms with Crippen molar-refractivity contribution < 1.29 is 4.74 Å². The molecule has 2 heteroatoms. The monoisotopic (exact) mass is 259 g/mol. The summed E-state index contributed by atoms with van der Waals surface area (Å²) in [6.07, 6.45) is 0. The van der Waals surface area contributed by atoms with Crippen molar-refractivity contribution in [3.63, 3.8) is 0 Å². The van der Waals surface area contributed by atoms with Gasteiger partial charge >= 0.3 is 0 Å². The van der Waals surface area contributed by atoms with Crippen LogP contribution in [0.5, 0.6) is 5.75 Å². The number of benzene rings is 3. The Kier molecular flexibility index (Phi) is 3.10. The van der Waals surface area contributed by atoms with Gasteiger partial charge in [0.25, 0.3) is 0 Å². The normalized spacial score (nSPS) is 10.2. The highest BCUT2D eigenvalue weighted by Gasteiger charge is 2.13. The lowest BCUT2D eigenvalue weighted by atomic mass is 9.93. The number of nitrogens with zero attached hydrogens (tertiary/aromatic N) is 1. The zero-order valence-electron chi connectivity index (χ0n) is 11.1. The van der Waals surface area contributed by atoms with Crippen LogP contribution in [0.4, 0.5) is 0 Å². The Bertz CT molecular complexity index is 801. The minimum Gasteiger partial charge on any atom is -0.496 e. The molecule has 0 saturated carbocycles. The van der Waals surface area contributed by atoms with Gasteiger partial charge < -0.3 is 4.74 Å². The highest BCUT2D eigenvalue weighted by Crippen LogP contribution is 2.37. The molecule has 0 aliphatic carbocycles. The second-order valence-electron chi connectivity index (χ2n) is 4.52. The van der Waals surface area contributed by atoms with Gasteiger partial charge in [-0.05, 0) is 17.0 Å². The highest BCUT2D eigenvalue weighted by atomic mass is 16.5. The Balaban J connectivity index is 2.45. The van der Waals surface area contributed by atoms with Crippen LogP contribution in [0.2, 0.25) is 0 Å². The van der Waals surface area contributed by atoms with Crippen LogP contribution in [0.1, 0.15) is 5.56 Å². The van der Waals surface area contributed by atoms with Crippen LogP contribution in [0, 0.1) is 11.3 Å². The van der Waals surface area contributed by atoms with Crippen LogP contribution in [-0.2, 0) is 0 Å². The number of ether oxygens (including phenoxy) is 1. The molecule has 0 N–H and O–H groups in total. The summed E-state index contributed by atoms with van der Waals surface area (Å²) in [6.45, 7) is 0. The second kappa shape index (κ2) is 5.07. The molecule has 3 aromatic carbocycles. The second-order valence-corrected chi connectivity index (χ2v) is 4.52. The van der Waals surface area contributed by atoms with Crippen molar-refractivity contribution in [1.29, 1.82) is 5.26 Å². The molecule has 20 heavy (non-hydrogen) atoms. The zero-order chi connectivity index (χ0) is 13.9. The van der Waals surface area contributed by atoms with Crippen LogP contribution in [0.3, 0.4) is 0 Å². The summed E-state index contributed by atoms with van der Waals surface area (Å²) >= 11 is 0. The molecule has 3 rings (SSSR count). The predicted molar refractivity (Wildman–Crippen MR) is 80.7 cm³/mol. The summed E-state index contributed by atoms with van der Waals surface area (Å²) in [4.78, 5) is 0. The summed E-state index contributed by atoms with van der Waals surface area (Å²) < 4.78 is 5.41. The largest absolute Gasteiger partial charge is 0.496 e. The van der Waals surface area contributed by atoms with Gasteiger partial charge in [0.1, 0.15) is 5.75 Å². The first-order chi connectivity index (χ1) is 9.85. The summed E-state index contributed by atoms with van der Waals surface area (Å²) in [6, 6.07) is 22.1. The van der Waals surface area contributed by atoms with Gasteiger partial charge in [0.2, 0.25) is 0 Å². The maximum absolute atomic E-state index is 9.45. The molecule has 0 aliphatic heterocycles. The molecule has 0 spiro atoms. The standard InChI is InChI=1S/C18H13NO/c1-20-17-11-14(12-19)18(13-7-3-2-4-8-13)16-10-6-5-9-15(16)17/h2-11H,1H3. The summed E-state index contributed by atoms with van der Waals surface area (Å²) in [5.41, 5.74) is 2.64. The van der Waals surface area contributed by atoms with Crippen molar-refractivity contribution in [3.8, 4) is 22.9 Å². The van der Waals surface area contributed by atoms with Gasteiger partial charge in [0.15, 0.2) is 0 Å². The van der Waals surface area contributed by atoms with E-state index in [1.807, 2.05) is 60.7 Å². The van der Waals surface area contributed by atoms with Crippen LogP contribution < -0.4 is 4.74 Å². The SMILES string of the molecule is COc1cc(C#N)c(-c2ccccc2)c2ccccc12. The van der Waals surface area contributed by atoms with E-state index in [9.17, 15) is 5.26 Å². The molecule has 3 aromatic rings. The number of nitriles is 1. The Morgan fingerprint density at radius 3 is 2.20 bits per heavy atom. The third-order valence-corrected chi connectivity index (χ3v) is 3.41. The number of hydrogen-bond donors (Lipinski definition) is 0. The van der Waals surface area contributed by atoms with Crippen molar-refractivity contribution in [1.82, 2.24) is 0 Å². The molecule has 0 heterocycles. The van der Waals surface area contributed by atoms with E-state index < -0.39 is 0 Å². The van der Waals surface area contributed by atoms with Crippen LogP contribution in [0.15, 0.2) is 60.7 Å². The molecule has 0 saturated heterocycles. The van der Waals surface area contributed by atoms with Gasteiger partial charge in [-0.2, -0.15) is 5.26 Å². The molecule has 0 fully saturated rings. The fraction of sp³-hybridized carbons (Fsp3) is 0.0556. The van der Waals surface area contributed by atoms with Crippen LogP contribution in [-0.4, -0.2) is 7.11 Å². The van der Waals surface area contributed by atoms with E-state index in [-0.39, 0.29) is 0 Å². The first-order valence-corrected chi connectivity index (χ1v) is 6.40. The molecule has 96 valence electrons. The zero-order valence-corrected chi connectivity index (χ0v) is 11.1. The molecular formula is C18H13NO. The van der Waals surface area contributed by atoms with Crippen molar-refractivity contribution in [2.45, 2.75) is 0 Å². The highest BCUT2D eigenvalue weighted by molar-refractivity contribution is 6.02. The predicted octanol–water partition coefficient (Wildman–Crippen LogP) is 4.39. The fourth-order valence-electron chi connectivity index (χ4n) is 2.51. The first kappa shape index (κ1) is 12.3. The van der Waals surface area contributed by atoms with Crippen LogP contribution >= 0.6 is 0 Å². The Labute approximate surface area is 117 Å². The van der Waals surface area contributed by atoms with E-state index in [2.05, 4.69) is 6.07 Å². The van der Waals surface area contributed by atoms with Crippen molar-refractivity contribution in [2.75, 3.05) is 7.11 Å². The fourth-order valence-corrected chi connectivity index (χ4v) is 2.51. The third kappa shape index (κ3) is 1.90. The average molecular weight is 259 g/mol. The first-order valence-electron chi connectivity index (χ1n) is 6.40. The Hall–Kier alpha value is -2.79. The van der Waals surface area contributed by atoms with E-state index in [1.165, 1.54) is 0 Å². The van der Waals surface area contributed by atoms with E-state index in [4.69, 9.17) is 4.74 Å². The van der Waals surface area contributed by atoms with Gasteiger partial charge in [-0.25, -0.2) is 0 Å². The van der Waals surface area contributed by atoms with E-state index in [0.29, 0.717) is 5.56 Å². The lowest BCUT2D eigenvalue weighted by Gasteiger charge is -2.12. The molecule has 0 aromatic heterocycles. The van der Waals surface area contributed by atoms with E-state index in [1.54, 1.807) is 7.11 Å². The number of rotatable bonds is 2. The quantitative estimate of drug-likeness (QED) is 0.684. The molecule has 0 bridgehead atoms. The smallest absolute Gasteiger partial charge is 0.128 e. The Morgan fingerprint density at radius 1 is 0.900 bits per heavy atom. The lowest BCUT2D eigenvalue weighted by Crippen LogP contribution is -1.92. The molecular weight excluding hydrogens is 246 g/mol. The number of fused-ring (bicyclic) bond motifs is 1. The van der Waals surface area contributed by atoms with Gasteiger partial charge in [0, 0.05) is 10.9 Å². The Morgan fingerprint density at radius 2 is 1.55 bits per heavy atom. The summed E-state index contributed by atoms with van der Waals surface area (Å²) in [7, 11) is 1.63. The minimum absolute atomic E-state index is 0.631. The van der Waals surface area contributed by atoms with Gasteiger partial charge in [-0.15, -0.1) is 0 Å². The minimum atomic E-state index is 0.631. The number of methoxy groups -OCH3 is 1. The van der Waals surface area contributed by atoms with Gasteiger partial charge in [0.05, 0.1) is 18.7 Å². The molecule has 2 nitrogen and oxygen atoms in total. The molecule has 0 aliphatic rings. The number of hydrogen-bond acceptors (Lipinski definition) is 2. The third-order valence-electron chi connectivity index (χ3n) is 3.41. The molecule has 0 radical (unpaired) electrons. The lowest BCUT2D eigenvalue weighted by molar-refractivity contribution is 0.419. The molecule has 0 amide bonds. The molecule has 0 unspecified atom stereocenters. The van der Waals surface area contributed by atoms with Crippen molar-refractivity contribution in [2.24, 2.45) is 0 Å². The van der Waals surface area contributed by atoms with Gasteiger partial charge in [-0.3, -0.25) is 0 Å². The maximum atomic E-state index is 9.45. The maximum Gasteiger partial charge on any atom is 0.128 e. The van der Waals surface area contributed by atoms with E-state index in [0.717, 1.165) is 27.6 Å². The van der Waals surface area contributed by atoms with Crippen molar-refractivity contribution in [3.05, 3.63) is 66.2 Å².